The smallest absolute Gasteiger partial charge is 0.287 e. The fourth-order valence-electron chi connectivity index (χ4n) is 3.78. The maximum atomic E-state index is 13.0. The number of furan rings is 1. The Morgan fingerprint density at radius 3 is 2.41 bits per heavy atom. The number of hydrogen-bond acceptors (Lipinski definition) is 4. The number of para-hydroxylation sites is 1. The van der Waals surface area contributed by atoms with E-state index in [0.717, 1.165) is 12.1 Å². The van der Waals surface area contributed by atoms with Crippen molar-refractivity contribution in [1.29, 1.82) is 0 Å². The molecular formula is C25H25N3O4. The fraction of sp³-hybridized carbons (Fsp3) is 0.240. The van der Waals surface area contributed by atoms with E-state index in [1.165, 1.54) is 11.8 Å². The van der Waals surface area contributed by atoms with Crippen molar-refractivity contribution in [3.05, 3.63) is 83.8 Å². The van der Waals surface area contributed by atoms with Gasteiger partial charge in [-0.25, -0.2) is 0 Å². The third kappa shape index (κ3) is 4.42. The van der Waals surface area contributed by atoms with Gasteiger partial charge in [0.15, 0.2) is 5.76 Å². The highest BCUT2D eigenvalue weighted by Crippen LogP contribution is 2.29. The van der Waals surface area contributed by atoms with Crippen molar-refractivity contribution in [2.24, 2.45) is 5.92 Å². The minimum Gasteiger partial charge on any atom is -0.459 e. The van der Waals surface area contributed by atoms with Gasteiger partial charge in [-0.15, -0.1) is 0 Å². The first-order valence-corrected chi connectivity index (χ1v) is 10.6. The van der Waals surface area contributed by atoms with Gasteiger partial charge < -0.3 is 20.0 Å². The molecule has 0 aliphatic carbocycles. The fourth-order valence-corrected chi connectivity index (χ4v) is 3.78. The molecule has 164 valence electrons. The highest BCUT2D eigenvalue weighted by molar-refractivity contribution is 6.07. The summed E-state index contributed by atoms with van der Waals surface area (Å²) in [5.41, 5.74) is 3.21. The molecule has 0 bridgehead atoms. The molecule has 1 atom stereocenters. The van der Waals surface area contributed by atoms with Crippen LogP contribution in [0.25, 0.3) is 0 Å². The zero-order valence-corrected chi connectivity index (χ0v) is 18.0. The zero-order valence-electron chi connectivity index (χ0n) is 18.0. The normalized spacial score (nSPS) is 13.5. The molecule has 4 rings (SSSR count). The second-order valence-corrected chi connectivity index (χ2v) is 8.07. The van der Waals surface area contributed by atoms with Crippen molar-refractivity contribution in [2.45, 2.75) is 26.3 Å². The van der Waals surface area contributed by atoms with Gasteiger partial charge >= 0.3 is 0 Å². The Bertz CT molecular complexity index is 1120. The lowest BCUT2D eigenvalue weighted by molar-refractivity contribution is -0.118. The Morgan fingerprint density at radius 1 is 0.969 bits per heavy atom. The van der Waals surface area contributed by atoms with E-state index in [0.29, 0.717) is 17.8 Å². The van der Waals surface area contributed by atoms with Crippen molar-refractivity contribution >= 4 is 29.1 Å². The number of rotatable bonds is 6. The predicted molar refractivity (Wildman–Crippen MR) is 122 cm³/mol. The molecule has 0 saturated carbocycles. The summed E-state index contributed by atoms with van der Waals surface area (Å²) in [7, 11) is 0. The van der Waals surface area contributed by atoms with E-state index in [4.69, 9.17) is 4.42 Å². The molecule has 1 aromatic heterocycles. The van der Waals surface area contributed by atoms with Crippen LogP contribution in [0.15, 0.2) is 71.3 Å². The summed E-state index contributed by atoms with van der Waals surface area (Å²) in [6.45, 7) is 4.35. The van der Waals surface area contributed by atoms with Crippen molar-refractivity contribution in [2.75, 3.05) is 16.8 Å². The maximum absolute atomic E-state index is 13.0. The molecule has 1 aliphatic rings. The monoisotopic (exact) mass is 431 g/mol. The first kappa shape index (κ1) is 21.4. The Morgan fingerprint density at radius 2 is 1.72 bits per heavy atom. The topological polar surface area (TPSA) is 91.6 Å². The van der Waals surface area contributed by atoms with Gasteiger partial charge in [-0.05, 0) is 60.4 Å². The number of carbonyl (C=O) groups is 3. The van der Waals surface area contributed by atoms with E-state index in [2.05, 4.69) is 10.6 Å². The van der Waals surface area contributed by atoms with Crippen molar-refractivity contribution in [3.63, 3.8) is 0 Å². The first-order chi connectivity index (χ1) is 15.4. The van der Waals surface area contributed by atoms with Crippen LogP contribution < -0.4 is 15.5 Å². The Balaban J connectivity index is 1.42. The van der Waals surface area contributed by atoms with Crippen molar-refractivity contribution in [1.82, 2.24) is 5.32 Å². The van der Waals surface area contributed by atoms with E-state index in [1.54, 1.807) is 41.3 Å². The lowest BCUT2D eigenvalue weighted by Gasteiger charge is -2.21. The number of fused-ring (bicyclic) bond motifs is 1. The van der Waals surface area contributed by atoms with E-state index >= 15 is 0 Å². The van der Waals surface area contributed by atoms with Crippen LogP contribution in [0.2, 0.25) is 0 Å². The SMILES string of the molecule is CC(C)C(NC(=O)c1ccco1)C(=O)Nc1ccc(C(=O)N2CCc3ccccc32)cc1. The lowest BCUT2D eigenvalue weighted by Crippen LogP contribution is -2.47. The summed E-state index contributed by atoms with van der Waals surface area (Å²) < 4.78 is 5.09. The molecule has 1 unspecified atom stereocenters. The number of carbonyl (C=O) groups excluding carboxylic acids is 3. The minimum atomic E-state index is -0.741. The van der Waals surface area contributed by atoms with Crippen LogP contribution in [0.1, 0.15) is 40.3 Å². The van der Waals surface area contributed by atoms with E-state index in [9.17, 15) is 14.4 Å². The number of amides is 3. The molecule has 2 aromatic carbocycles. The number of nitrogens with one attached hydrogen (secondary N) is 2. The van der Waals surface area contributed by atoms with Crippen LogP contribution in [0.3, 0.4) is 0 Å². The molecule has 0 radical (unpaired) electrons. The highest BCUT2D eigenvalue weighted by Gasteiger charge is 2.27. The van der Waals surface area contributed by atoms with Gasteiger partial charge in [0, 0.05) is 23.5 Å². The van der Waals surface area contributed by atoms with Gasteiger partial charge in [-0.1, -0.05) is 32.0 Å². The largest absolute Gasteiger partial charge is 0.459 e. The predicted octanol–water partition coefficient (Wildman–Crippen LogP) is 3.88. The quantitative estimate of drug-likeness (QED) is 0.620. The van der Waals surface area contributed by atoms with Gasteiger partial charge in [0.2, 0.25) is 5.91 Å². The summed E-state index contributed by atoms with van der Waals surface area (Å²) in [5, 5.41) is 5.53. The van der Waals surface area contributed by atoms with Crippen LogP contribution in [0.5, 0.6) is 0 Å². The summed E-state index contributed by atoms with van der Waals surface area (Å²) in [6, 6.07) is 17.1. The molecule has 0 spiro atoms. The molecule has 1 aliphatic heterocycles. The van der Waals surface area contributed by atoms with Crippen LogP contribution >= 0.6 is 0 Å². The molecule has 7 nitrogen and oxygen atoms in total. The molecule has 7 heteroatoms. The Kier molecular flexibility index (Phi) is 6.07. The molecule has 2 N–H and O–H groups in total. The van der Waals surface area contributed by atoms with Gasteiger partial charge in [-0.3, -0.25) is 14.4 Å². The molecular weight excluding hydrogens is 406 g/mol. The van der Waals surface area contributed by atoms with Crippen LogP contribution in [0, 0.1) is 5.92 Å². The van der Waals surface area contributed by atoms with Gasteiger partial charge in [-0.2, -0.15) is 0 Å². The minimum absolute atomic E-state index is 0.0707. The van der Waals surface area contributed by atoms with Gasteiger partial charge in [0.1, 0.15) is 6.04 Å². The average Bonchev–Trinajstić information content (AvgIpc) is 3.47. The van der Waals surface area contributed by atoms with Crippen molar-refractivity contribution in [3.8, 4) is 0 Å². The second kappa shape index (κ2) is 9.09. The average molecular weight is 431 g/mol. The highest BCUT2D eigenvalue weighted by atomic mass is 16.3. The Hall–Kier alpha value is -3.87. The van der Waals surface area contributed by atoms with Crippen LogP contribution in [-0.4, -0.2) is 30.3 Å². The molecule has 0 saturated heterocycles. The molecule has 3 amide bonds. The van der Waals surface area contributed by atoms with Gasteiger partial charge in [0.25, 0.3) is 11.8 Å². The lowest BCUT2D eigenvalue weighted by atomic mass is 10.0. The number of anilines is 2. The second-order valence-electron chi connectivity index (χ2n) is 8.07. The molecule has 32 heavy (non-hydrogen) atoms. The van der Waals surface area contributed by atoms with Crippen molar-refractivity contribution < 1.29 is 18.8 Å². The zero-order chi connectivity index (χ0) is 22.7. The first-order valence-electron chi connectivity index (χ1n) is 10.6. The molecule has 3 aromatic rings. The van der Waals surface area contributed by atoms with E-state index < -0.39 is 11.9 Å². The maximum Gasteiger partial charge on any atom is 0.287 e. The summed E-state index contributed by atoms with van der Waals surface area (Å²) in [5.74, 6) is -0.846. The standard InChI is InChI=1S/C25H25N3O4/c1-16(2)22(27-23(29)21-8-5-15-32-21)24(30)26-19-11-9-18(10-12-19)25(31)28-14-13-17-6-3-4-7-20(17)28/h3-12,15-16,22H,13-14H2,1-2H3,(H,26,30)(H,27,29). The molecule has 2 heterocycles. The van der Waals surface area contributed by atoms with E-state index in [-0.39, 0.29) is 23.5 Å². The van der Waals surface area contributed by atoms with Crippen LogP contribution in [-0.2, 0) is 11.2 Å². The van der Waals surface area contributed by atoms with E-state index in [1.807, 2.05) is 38.1 Å². The van der Waals surface area contributed by atoms with Gasteiger partial charge in [0.05, 0.1) is 6.26 Å². The summed E-state index contributed by atoms with van der Waals surface area (Å²) in [6.07, 6.45) is 2.25. The number of nitrogens with zero attached hydrogens (tertiary/aromatic N) is 1. The Labute approximate surface area is 186 Å². The number of benzene rings is 2. The van der Waals surface area contributed by atoms with Crippen LogP contribution in [0.4, 0.5) is 11.4 Å². The third-order valence-electron chi connectivity index (χ3n) is 5.51. The third-order valence-corrected chi connectivity index (χ3v) is 5.51. The summed E-state index contributed by atoms with van der Waals surface area (Å²) in [4.78, 5) is 39.8. The summed E-state index contributed by atoms with van der Waals surface area (Å²) >= 11 is 0. The number of hydrogen-bond donors (Lipinski definition) is 2. The molecule has 0 fully saturated rings.